The zero-order chi connectivity index (χ0) is 14.7. The first-order valence-corrected chi connectivity index (χ1v) is 6.46. The number of carbonyl (C=O) groups is 1. The van der Waals surface area contributed by atoms with Crippen molar-refractivity contribution in [3.8, 4) is 22.4 Å². The molecule has 0 bridgehead atoms. The molecule has 0 saturated heterocycles. The highest BCUT2D eigenvalue weighted by Crippen LogP contribution is 2.23. The van der Waals surface area contributed by atoms with Crippen molar-refractivity contribution in [1.29, 1.82) is 0 Å². The van der Waals surface area contributed by atoms with Gasteiger partial charge in [0.05, 0.1) is 5.69 Å². The van der Waals surface area contributed by atoms with E-state index >= 15 is 0 Å². The van der Waals surface area contributed by atoms with Crippen molar-refractivity contribution >= 4 is 5.97 Å². The predicted molar refractivity (Wildman–Crippen MR) is 79.9 cm³/mol. The van der Waals surface area contributed by atoms with Gasteiger partial charge in [0.2, 0.25) is 5.82 Å². The van der Waals surface area contributed by atoms with Crippen LogP contribution in [0.2, 0.25) is 0 Å². The molecule has 4 nitrogen and oxygen atoms in total. The lowest BCUT2D eigenvalue weighted by atomic mass is 10.0. The average Bonchev–Trinajstić information content (AvgIpc) is 2.56. The second kappa shape index (κ2) is 5.54. The third-order valence-corrected chi connectivity index (χ3v) is 3.13. The Hall–Kier alpha value is -3.01. The molecule has 0 fully saturated rings. The van der Waals surface area contributed by atoms with E-state index in [0.29, 0.717) is 5.69 Å². The molecule has 0 saturated carbocycles. The summed E-state index contributed by atoms with van der Waals surface area (Å²) in [5.41, 5.74) is 3.70. The maximum atomic E-state index is 10.9. The summed E-state index contributed by atoms with van der Waals surface area (Å²) in [5, 5.41) is 8.92. The Morgan fingerprint density at radius 3 is 2.10 bits per heavy atom. The van der Waals surface area contributed by atoms with E-state index in [4.69, 9.17) is 5.11 Å². The molecule has 102 valence electrons. The van der Waals surface area contributed by atoms with Gasteiger partial charge in [-0.1, -0.05) is 54.6 Å². The third-order valence-electron chi connectivity index (χ3n) is 3.13. The number of hydrogen-bond acceptors (Lipinski definition) is 3. The van der Waals surface area contributed by atoms with Crippen LogP contribution in [0.5, 0.6) is 0 Å². The average molecular weight is 276 g/mol. The number of hydrogen-bond donors (Lipinski definition) is 1. The Morgan fingerprint density at radius 1 is 0.810 bits per heavy atom. The largest absolute Gasteiger partial charge is 0.475 e. The molecule has 0 radical (unpaired) electrons. The molecule has 1 heterocycles. The number of aromatic carboxylic acids is 1. The van der Waals surface area contributed by atoms with Crippen LogP contribution in [0, 0.1) is 0 Å². The van der Waals surface area contributed by atoms with Gasteiger partial charge in [0.1, 0.15) is 0 Å². The summed E-state index contributed by atoms with van der Waals surface area (Å²) in [6, 6.07) is 19.6. The molecule has 0 aliphatic carbocycles. The van der Waals surface area contributed by atoms with Crippen molar-refractivity contribution in [2.45, 2.75) is 0 Å². The SMILES string of the molecule is O=C(O)c1nccc(-c2ccc(-c3ccccc3)cc2)n1. The van der Waals surface area contributed by atoms with Crippen LogP contribution >= 0.6 is 0 Å². The minimum Gasteiger partial charge on any atom is -0.475 e. The van der Waals surface area contributed by atoms with Gasteiger partial charge < -0.3 is 5.11 Å². The number of carboxylic acids is 1. The highest BCUT2D eigenvalue weighted by atomic mass is 16.4. The maximum absolute atomic E-state index is 10.9. The van der Waals surface area contributed by atoms with Gasteiger partial charge in [0.15, 0.2) is 0 Å². The van der Waals surface area contributed by atoms with Crippen LogP contribution in [0.25, 0.3) is 22.4 Å². The molecule has 0 aliphatic rings. The van der Waals surface area contributed by atoms with Crippen LogP contribution in [-0.4, -0.2) is 21.0 Å². The highest BCUT2D eigenvalue weighted by molar-refractivity contribution is 5.83. The molecule has 3 rings (SSSR count). The van der Waals surface area contributed by atoms with Crippen molar-refractivity contribution in [2.75, 3.05) is 0 Å². The number of nitrogens with zero attached hydrogens (tertiary/aromatic N) is 2. The van der Waals surface area contributed by atoms with Gasteiger partial charge in [-0.2, -0.15) is 0 Å². The Labute approximate surface area is 121 Å². The lowest BCUT2D eigenvalue weighted by molar-refractivity contribution is 0.0683. The van der Waals surface area contributed by atoms with E-state index in [1.807, 2.05) is 54.6 Å². The van der Waals surface area contributed by atoms with Crippen LogP contribution in [0.3, 0.4) is 0 Å². The quantitative estimate of drug-likeness (QED) is 0.795. The molecule has 1 N–H and O–H groups in total. The first-order chi connectivity index (χ1) is 10.2. The second-order valence-corrected chi connectivity index (χ2v) is 4.51. The Bertz CT molecular complexity index is 768. The monoisotopic (exact) mass is 276 g/mol. The van der Waals surface area contributed by atoms with Crippen LogP contribution in [0.15, 0.2) is 66.9 Å². The summed E-state index contributed by atoms with van der Waals surface area (Å²) in [5.74, 6) is -1.32. The highest BCUT2D eigenvalue weighted by Gasteiger charge is 2.08. The minimum absolute atomic E-state index is 0.195. The molecule has 2 aromatic carbocycles. The van der Waals surface area contributed by atoms with Crippen molar-refractivity contribution in [3.63, 3.8) is 0 Å². The molecule has 0 atom stereocenters. The topological polar surface area (TPSA) is 63.1 Å². The Morgan fingerprint density at radius 2 is 1.43 bits per heavy atom. The molecule has 0 unspecified atom stereocenters. The minimum atomic E-state index is -1.13. The summed E-state index contributed by atoms with van der Waals surface area (Å²) in [6.45, 7) is 0. The third kappa shape index (κ3) is 2.79. The number of aromatic nitrogens is 2. The van der Waals surface area contributed by atoms with Gasteiger partial charge in [-0.15, -0.1) is 0 Å². The molecule has 0 spiro atoms. The molecule has 0 aliphatic heterocycles. The lowest BCUT2D eigenvalue weighted by Gasteiger charge is -2.04. The smallest absolute Gasteiger partial charge is 0.373 e. The van der Waals surface area contributed by atoms with Crippen LogP contribution in [-0.2, 0) is 0 Å². The van der Waals surface area contributed by atoms with E-state index in [1.54, 1.807) is 6.07 Å². The van der Waals surface area contributed by atoms with E-state index in [0.717, 1.165) is 16.7 Å². The van der Waals surface area contributed by atoms with Gasteiger partial charge in [0.25, 0.3) is 0 Å². The van der Waals surface area contributed by atoms with Gasteiger partial charge in [-0.3, -0.25) is 0 Å². The fourth-order valence-corrected chi connectivity index (χ4v) is 2.09. The van der Waals surface area contributed by atoms with Crippen LogP contribution in [0.4, 0.5) is 0 Å². The zero-order valence-electron chi connectivity index (χ0n) is 11.1. The summed E-state index contributed by atoms with van der Waals surface area (Å²) in [6.07, 6.45) is 1.46. The van der Waals surface area contributed by atoms with Crippen molar-refractivity contribution in [1.82, 2.24) is 9.97 Å². The van der Waals surface area contributed by atoms with Crippen molar-refractivity contribution < 1.29 is 9.90 Å². The summed E-state index contributed by atoms with van der Waals surface area (Å²) < 4.78 is 0. The fourth-order valence-electron chi connectivity index (χ4n) is 2.09. The lowest BCUT2D eigenvalue weighted by Crippen LogP contribution is -2.04. The molecule has 1 aromatic heterocycles. The Kier molecular flexibility index (Phi) is 3.43. The van der Waals surface area contributed by atoms with Gasteiger partial charge >= 0.3 is 5.97 Å². The van der Waals surface area contributed by atoms with Gasteiger partial charge in [-0.05, 0) is 17.2 Å². The predicted octanol–water partition coefficient (Wildman–Crippen LogP) is 3.51. The summed E-state index contributed by atoms with van der Waals surface area (Å²) in [4.78, 5) is 18.7. The zero-order valence-corrected chi connectivity index (χ0v) is 11.1. The molecule has 3 aromatic rings. The number of benzene rings is 2. The van der Waals surface area contributed by atoms with E-state index in [2.05, 4.69) is 9.97 Å². The molecule has 21 heavy (non-hydrogen) atoms. The molecule has 0 amide bonds. The number of carboxylic acid groups (broad SMARTS) is 1. The summed E-state index contributed by atoms with van der Waals surface area (Å²) >= 11 is 0. The van der Waals surface area contributed by atoms with E-state index in [-0.39, 0.29) is 5.82 Å². The standard InChI is InChI=1S/C17H12N2O2/c20-17(21)16-18-11-10-15(19-16)14-8-6-13(7-9-14)12-4-2-1-3-5-12/h1-11H,(H,20,21). The molecule has 4 heteroatoms. The maximum Gasteiger partial charge on any atom is 0.373 e. The normalized spacial score (nSPS) is 10.3. The van der Waals surface area contributed by atoms with Gasteiger partial charge in [0, 0.05) is 11.8 Å². The Balaban J connectivity index is 1.94. The second-order valence-electron chi connectivity index (χ2n) is 4.51. The van der Waals surface area contributed by atoms with Crippen molar-refractivity contribution in [2.24, 2.45) is 0 Å². The molecular formula is C17H12N2O2. The first kappa shape index (κ1) is 13.0. The summed E-state index contributed by atoms with van der Waals surface area (Å²) in [7, 11) is 0. The van der Waals surface area contributed by atoms with Crippen LogP contribution < -0.4 is 0 Å². The van der Waals surface area contributed by atoms with Crippen LogP contribution in [0.1, 0.15) is 10.6 Å². The first-order valence-electron chi connectivity index (χ1n) is 6.46. The van der Waals surface area contributed by atoms with Crippen molar-refractivity contribution in [3.05, 3.63) is 72.7 Å². The fraction of sp³-hybridized carbons (Fsp3) is 0. The number of rotatable bonds is 3. The van der Waals surface area contributed by atoms with E-state index < -0.39 is 5.97 Å². The molecular weight excluding hydrogens is 264 g/mol. The van der Waals surface area contributed by atoms with E-state index in [9.17, 15) is 4.79 Å². The van der Waals surface area contributed by atoms with Gasteiger partial charge in [-0.25, -0.2) is 14.8 Å². The van der Waals surface area contributed by atoms with E-state index in [1.165, 1.54) is 6.20 Å².